The van der Waals surface area contributed by atoms with E-state index in [1.165, 1.54) is 6.26 Å². The molecular formula is C16H11NO3. The third-order valence-corrected chi connectivity index (χ3v) is 2.79. The second-order valence-corrected chi connectivity index (χ2v) is 4.15. The number of ether oxygens (including phenoxy) is 1. The van der Waals surface area contributed by atoms with Gasteiger partial charge in [-0.2, -0.15) is 0 Å². The molecule has 0 saturated carbocycles. The SMILES string of the molecule is O=Cc1ccc(Oc2ccc(-c3ncco3)cc2)cc1. The van der Waals surface area contributed by atoms with Crippen LogP contribution in [0.5, 0.6) is 11.5 Å². The van der Waals surface area contributed by atoms with Crippen LogP contribution in [-0.4, -0.2) is 11.3 Å². The molecular weight excluding hydrogens is 254 g/mol. The number of oxazole rings is 1. The fourth-order valence-electron chi connectivity index (χ4n) is 1.78. The van der Waals surface area contributed by atoms with Gasteiger partial charge in [0.25, 0.3) is 0 Å². The van der Waals surface area contributed by atoms with Gasteiger partial charge < -0.3 is 9.15 Å². The number of nitrogens with zero attached hydrogens (tertiary/aromatic N) is 1. The zero-order chi connectivity index (χ0) is 13.8. The van der Waals surface area contributed by atoms with Gasteiger partial charge in [0.2, 0.25) is 5.89 Å². The molecule has 1 heterocycles. The molecule has 4 nitrogen and oxygen atoms in total. The molecule has 0 saturated heterocycles. The van der Waals surface area contributed by atoms with Crippen molar-refractivity contribution in [3.8, 4) is 23.0 Å². The van der Waals surface area contributed by atoms with Crippen LogP contribution in [0.1, 0.15) is 10.4 Å². The number of carbonyl (C=O) groups excluding carboxylic acids is 1. The van der Waals surface area contributed by atoms with E-state index < -0.39 is 0 Å². The average molecular weight is 265 g/mol. The van der Waals surface area contributed by atoms with Crippen LogP contribution in [0.25, 0.3) is 11.5 Å². The van der Waals surface area contributed by atoms with Gasteiger partial charge in [-0.3, -0.25) is 4.79 Å². The lowest BCUT2D eigenvalue weighted by molar-refractivity contribution is 0.112. The molecule has 4 heteroatoms. The molecule has 3 aromatic rings. The van der Waals surface area contributed by atoms with Crippen LogP contribution in [0.3, 0.4) is 0 Å². The summed E-state index contributed by atoms with van der Waals surface area (Å²) in [5, 5.41) is 0. The Hall–Kier alpha value is -2.88. The highest BCUT2D eigenvalue weighted by atomic mass is 16.5. The third kappa shape index (κ3) is 2.59. The van der Waals surface area contributed by atoms with Crippen LogP contribution >= 0.6 is 0 Å². The summed E-state index contributed by atoms with van der Waals surface area (Å²) in [6.07, 6.45) is 3.94. The van der Waals surface area contributed by atoms with E-state index in [0.717, 1.165) is 11.8 Å². The third-order valence-electron chi connectivity index (χ3n) is 2.79. The second-order valence-electron chi connectivity index (χ2n) is 4.15. The predicted molar refractivity (Wildman–Crippen MR) is 73.8 cm³/mol. The highest BCUT2D eigenvalue weighted by Gasteiger charge is 2.03. The van der Waals surface area contributed by atoms with E-state index in [2.05, 4.69) is 4.98 Å². The standard InChI is InChI=1S/C16H11NO3/c18-11-12-1-5-14(6-2-12)20-15-7-3-13(4-8-15)16-17-9-10-19-16/h1-11H. The molecule has 0 spiro atoms. The Morgan fingerprint density at radius 1 is 0.950 bits per heavy atom. The summed E-state index contributed by atoms with van der Waals surface area (Å²) in [4.78, 5) is 14.6. The maximum Gasteiger partial charge on any atom is 0.225 e. The molecule has 0 fully saturated rings. The molecule has 20 heavy (non-hydrogen) atoms. The number of rotatable bonds is 4. The molecule has 0 atom stereocenters. The summed E-state index contributed by atoms with van der Waals surface area (Å²) in [7, 11) is 0. The van der Waals surface area contributed by atoms with Crippen molar-refractivity contribution in [2.24, 2.45) is 0 Å². The van der Waals surface area contributed by atoms with Gasteiger partial charge in [-0.05, 0) is 48.5 Å². The lowest BCUT2D eigenvalue weighted by Crippen LogP contribution is -1.85. The van der Waals surface area contributed by atoms with Gasteiger partial charge >= 0.3 is 0 Å². The maximum atomic E-state index is 10.6. The number of hydrogen-bond donors (Lipinski definition) is 0. The molecule has 0 unspecified atom stereocenters. The van der Waals surface area contributed by atoms with E-state index >= 15 is 0 Å². The molecule has 0 amide bonds. The topological polar surface area (TPSA) is 52.3 Å². The van der Waals surface area contributed by atoms with E-state index in [0.29, 0.717) is 23.0 Å². The summed E-state index contributed by atoms with van der Waals surface area (Å²) < 4.78 is 10.9. The fraction of sp³-hybridized carbons (Fsp3) is 0. The van der Waals surface area contributed by atoms with E-state index in [1.807, 2.05) is 24.3 Å². The van der Waals surface area contributed by atoms with Crippen molar-refractivity contribution in [3.05, 3.63) is 66.6 Å². The average Bonchev–Trinajstić information content (AvgIpc) is 3.03. The number of carbonyl (C=O) groups is 1. The van der Waals surface area contributed by atoms with Gasteiger partial charge in [0.15, 0.2) is 0 Å². The van der Waals surface area contributed by atoms with Crippen LogP contribution < -0.4 is 4.74 Å². The first-order valence-corrected chi connectivity index (χ1v) is 6.08. The number of aromatic nitrogens is 1. The quantitative estimate of drug-likeness (QED) is 0.670. The largest absolute Gasteiger partial charge is 0.457 e. The molecule has 2 aromatic carbocycles. The van der Waals surface area contributed by atoms with Crippen molar-refractivity contribution >= 4 is 6.29 Å². The Morgan fingerprint density at radius 3 is 2.15 bits per heavy atom. The van der Waals surface area contributed by atoms with Crippen LogP contribution in [-0.2, 0) is 0 Å². The second kappa shape index (κ2) is 5.40. The zero-order valence-electron chi connectivity index (χ0n) is 10.5. The van der Waals surface area contributed by atoms with Gasteiger partial charge in [-0.25, -0.2) is 4.98 Å². The highest BCUT2D eigenvalue weighted by Crippen LogP contribution is 2.25. The van der Waals surface area contributed by atoms with Crippen molar-refractivity contribution in [1.29, 1.82) is 0 Å². The minimum Gasteiger partial charge on any atom is -0.457 e. The minimum atomic E-state index is 0.576. The Bertz CT molecular complexity index is 686. The molecule has 1 aromatic heterocycles. The smallest absolute Gasteiger partial charge is 0.225 e. The van der Waals surface area contributed by atoms with Crippen LogP contribution in [0, 0.1) is 0 Å². The molecule has 0 aliphatic carbocycles. The van der Waals surface area contributed by atoms with Crippen molar-refractivity contribution in [1.82, 2.24) is 4.98 Å². The van der Waals surface area contributed by atoms with Crippen molar-refractivity contribution in [2.45, 2.75) is 0 Å². The maximum absolute atomic E-state index is 10.6. The Labute approximate surface area is 115 Å². The molecule has 3 rings (SSSR count). The Kier molecular flexibility index (Phi) is 3.29. The van der Waals surface area contributed by atoms with Crippen molar-refractivity contribution in [3.63, 3.8) is 0 Å². The van der Waals surface area contributed by atoms with Gasteiger partial charge in [-0.1, -0.05) is 0 Å². The van der Waals surface area contributed by atoms with E-state index in [1.54, 1.807) is 30.5 Å². The van der Waals surface area contributed by atoms with Crippen molar-refractivity contribution in [2.75, 3.05) is 0 Å². The highest BCUT2D eigenvalue weighted by molar-refractivity contribution is 5.74. The molecule has 0 N–H and O–H groups in total. The van der Waals surface area contributed by atoms with Gasteiger partial charge in [0.1, 0.15) is 24.0 Å². The van der Waals surface area contributed by atoms with Gasteiger partial charge in [-0.15, -0.1) is 0 Å². The predicted octanol–water partition coefficient (Wildman–Crippen LogP) is 3.95. The minimum absolute atomic E-state index is 0.576. The summed E-state index contributed by atoms with van der Waals surface area (Å²) >= 11 is 0. The zero-order valence-corrected chi connectivity index (χ0v) is 10.5. The Morgan fingerprint density at radius 2 is 1.60 bits per heavy atom. The van der Waals surface area contributed by atoms with Crippen LogP contribution in [0.2, 0.25) is 0 Å². The van der Waals surface area contributed by atoms with E-state index in [4.69, 9.17) is 9.15 Å². The Balaban J connectivity index is 1.76. The fourth-order valence-corrected chi connectivity index (χ4v) is 1.78. The lowest BCUT2D eigenvalue weighted by atomic mass is 10.2. The van der Waals surface area contributed by atoms with Gasteiger partial charge in [0.05, 0.1) is 6.20 Å². The summed E-state index contributed by atoms with van der Waals surface area (Å²) in [5.41, 5.74) is 1.51. The monoisotopic (exact) mass is 265 g/mol. The number of aldehydes is 1. The summed E-state index contributed by atoms with van der Waals surface area (Å²) in [5.74, 6) is 1.96. The molecule has 0 aliphatic heterocycles. The van der Waals surface area contributed by atoms with E-state index in [-0.39, 0.29) is 0 Å². The molecule has 0 radical (unpaired) electrons. The van der Waals surface area contributed by atoms with E-state index in [9.17, 15) is 4.79 Å². The van der Waals surface area contributed by atoms with Gasteiger partial charge in [0, 0.05) is 11.1 Å². The number of hydrogen-bond acceptors (Lipinski definition) is 4. The first kappa shape index (κ1) is 12.2. The van der Waals surface area contributed by atoms with Crippen LogP contribution in [0.15, 0.2) is 65.4 Å². The molecule has 0 aliphatic rings. The first-order valence-electron chi connectivity index (χ1n) is 6.08. The summed E-state index contributed by atoms with van der Waals surface area (Å²) in [6, 6.07) is 14.4. The van der Waals surface area contributed by atoms with Crippen LogP contribution in [0.4, 0.5) is 0 Å². The molecule has 98 valence electrons. The number of benzene rings is 2. The lowest BCUT2D eigenvalue weighted by Gasteiger charge is -2.06. The summed E-state index contributed by atoms with van der Waals surface area (Å²) in [6.45, 7) is 0. The first-order chi connectivity index (χ1) is 9.85. The van der Waals surface area contributed by atoms with Crippen molar-refractivity contribution < 1.29 is 13.9 Å². The molecule has 0 bridgehead atoms. The normalized spacial score (nSPS) is 10.2.